The summed E-state index contributed by atoms with van der Waals surface area (Å²) in [5.74, 6) is 1.72. The highest BCUT2D eigenvalue weighted by atomic mass is 79.9. The van der Waals surface area contributed by atoms with E-state index in [0.717, 1.165) is 17.8 Å². The van der Waals surface area contributed by atoms with Gasteiger partial charge in [0.25, 0.3) is 0 Å². The summed E-state index contributed by atoms with van der Waals surface area (Å²) in [6.45, 7) is 6.07. The third-order valence-corrected chi connectivity index (χ3v) is 4.59. The van der Waals surface area contributed by atoms with Gasteiger partial charge in [-0.3, -0.25) is 0 Å². The van der Waals surface area contributed by atoms with Crippen molar-refractivity contribution in [2.24, 2.45) is 5.92 Å². The van der Waals surface area contributed by atoms with Crippen LogP contribution in [0.2, 0.25) is 0 Å². The Morgan fingerprint density at radius 2 is 2.13 bits per heavy atom. The number of benzene rings is 1. The van der Waals surface area contributed by atoms with Crippen molar-refractivity contribution in [3.63, 3.8) is 0 Å². The summed E-state index contributed by atoms with van der Waals surface area (Å²) >= 11 is 3.61. The summed E-state index contributed by atoms with van der Waals surface area (Å²) in [5.41, 5.74) is 1.24. The van der Waals surface area contributed by atoms with Gasteiger partial charge < -0.3 is 4.52 Å². The summed E-state index contributed by atoms with van der Waals surface area (Å²) in [6, 6.07) is 8.20. The predicted octanol–water partition coefficient (Wildman–Crippen LogP) is 5.13. The van der Waals surface area contributed by atoms with E-state index in [9.17, 15) is 0 Å². The van der Waals surface area contributed by atoms with Crippen LogP contribution in [0, 0.1) is 12.8 Å². The molecule has 15 heavy (non-hydrogen) atoms. The second kappa shape index (κ2) is 6.50. The first-order valence-electron chi connectivity index (χ1n) is 5.26. The quantitative estimate of drug-likeness (QED) is 0.683. The fraction of sp³-hybridized carbons (Fsp3) is 0.500. The molecule has 1 unspecified atom stereocenters. The second-order valence-corrected chi connectivity index (χ2v) is 7.77. The Bertz CT molecular complexity index is 301. The molecule has 1 aromatic carbocycles. The lowest BCUT2D eigenvalue weighted by Gasteiger charge is -2.13. The molecule has 0 radical (unpaired) electrons. The molecule has 0 bridgehead atoms. The van der Waals surface area contributed by atoms with Crippen molar-refractivity contribution < 1.29 is 4.52 Å². The molecule has 1 rings (SSSR count). The van der Waals surface area contributed by atoms with Crippen molar-refractivity contribution in [2.75, 3.05) is 6.16 Å². The third-order valence-electron chi connectivity index (χ3n) is 2.08. The van der Waals surface area contributed by atoms with Gasteiger partial charge in [0.05, 0.1) is 0 Å². The van der Waals surface area contributed by atoms with Gasteiger partial charge in [-0.1, -0.05) is 26.0 Å². The predicted molar refractivity (Wildman–Crippen MR) is 72.0 cm³/mol. The standard InChI is InChI=1S/C12H18BrOP/c1-10(2)7-8-15(13)14-12-6-4-5-11(3)9-12/h4-6,9-10H,7-8H2,1-3H3. The number of hydrogen-bond donors (Lipinski definition) is 0. The van der Waals surface area contributed by atoms with E-state index in [0.29, 0.717) is 0 Å². The first-order chi connectivity index (χ1) is 7.08. The highest BCUT2D eigenvalue weighted by Gasteiger charge is 2.07. The molecule has 0 heterocycles. The number of halogens is 1. The van der Waals surface area contributed by atoms with Crippen molar-refractivity contribution in [1.82, 2.24) is 0 Å². The lowest BCUT2D eigenvalue weighted by atomic mass is 10.2. The van der Waals surface area contributed by atoms with Crippen molar-refractivity contribution in [2.45, 2.75) is 27.2 Å². The number of hydrogen-bond acceptors (Lipinski definition) is 1. The molecule has 1 atom stereocenters. The Labute approximate surface area is 102 Å². The molecule has 0 saturated carbocycles. The van der Waals surface area contributed by atoms with Gasteiger partial charge in [0.1, 0.15) is 5.75 Å². The maximum Gasteiger partial charge on any atom is 0.157 e. The second-order valence-electron chi connectivity index (χ2n) is 4.13. The van der Waals surface area contributed by atoms with Crippen LogP contribution < -0.4 is 4.52 Å². The van der Waals surface area contributed by atoms with Crippen LogP contribution in [-0.4, -0.2) is 6.16 Å². The molecule has 0 spiro atoms. The SMILES string of the molecule is Cc1cccc(OP(Br)CCC(C)C)c1. The van der Waals surface area contributed by atoms with Crippen LogP contribution >= 0.6 is 22.3 Å². The number of rotatable bonds is 5. The molecule has 3 heteroatoms. The lowest BCUT2D eigenvalue weighted by Crippen LogP contribution is -1.93. The summed E-state index contributed by atoms with van der Waals surface area (Å²) in [4.78, 5) is 0. The Kier molecular flexibility index (Phi) is 5.63. The van der Waals surface area contributed by atoms with E-state index in [1.54, 1.807) is 0 Å². The summed E-state index contributed by atoms with van der Waals surface area (Å²) < 4.78 is 5.83. The summed E-state index contributed by atoms with van der Waals surface area (Å²) in [7, 11) is 0. The Balaban J connectivity index is 2.40. The molecule has 1 nitrogen and oxygen atoms in total. The van der Waals surface area contributed by atoms with Gasteiger partial charge in [-0.05, 0) is 52.4 Å². The van der Waals surface area contributed by atoms with E-state index in [2.05, 4.69) is 48.4 Å². The highest BCUT2D eigenvalue weighted by Crippen LogP contribution is 2.46. The smallest absolute Gasteiger partial charge is 0.157 e. The van der Waals surface area contributed by atoms with Crippen LogP contribution in [0.25, 0.3) is 0 Å². The Morgan fingerprint density at radius 1 is 1.40 bits per heavy atom. The molecule has 0 fully saturated rings. The van der Waals surface area contributed by atoms with Gasteiger partial charge in [-0.15, -0.1) is 0 Å². The zero-order valence-electron chi connectivity index (χ0n) is 9.53. The average molecular weight is 289 g/mol. The highest BCUT2D eigenvalue weighted by molar-refractivity contribution is 9.38. The molecule has 84 valence electrons. The van der Waals surface area contributed by atoms with Crippen LogP contribution in [0.5, 0.6) is 5.75 Å². The molecular formula is C12H18BrOP. The topological polar surface area (TPSA) is 9.23 Å². The molecule has 0 aliphatic rings. The lowest BCUT2D eigenvalue weighted by molar-refractivity contribution is 0.595. The first kappa shape index (κ1) is 13.0. The van der Waals surface area contributed by atoms with Crippen molar-refractivity contribution in [3.05, 3.63) is 29.8 Å². The van der Waals surface area contributed by atoms with E-state index in [1.807, 2.05) is 12.1 Å². The number of aryl methyl sites for hydroxylation is 1. The summed E-state index contributed by atoms with van der Waals surface area (Å²) in [5, 5.41) is 0. The van der Waals surface area contributed by atoms with E-state index in [4.69, 9.17) is 4.52 Å². The molecular weight excluding hydrogens is 271 g/mol. The van der Waals surface area contributed by atoms with E-state index in [1.165, 1.54) is 12.0 Å². The summed E-state index contributed by atoms with van der Waals surface area (Å²) in [6.07, 6.45) is 2.32. The van der Waals surface area contributed by atoms with Gasteiger partial charge in [-0.25, -0.2) is 0 Å². The fourth-order valence-corrected chi connectivity index (χ4v) is 3.46. The molecule has 0 N–H and O–H groups in total. The average Bonchev–Trinajstić information content (AvgIpc) is 2.15. The van der Waals surface area contributed by atoms with E-state index >= 15 is 0 Å². The van der Waals surface area contributed by atoms with Gasteiger partial charge in [0.2, 0.25) is 0 Å². The largest absolute Gasteiger partial charge is 0.463 e. The van der Waals surface area contributed by atoms with Gasteiger partial charge in [-0.2, -0.15) is 0 Å². The molecule has 0 aliphatic carbocycles. The zero-order valence-corrected chi connectivity index (χ0v) is 12.0. The molecule has 0 aliphatic heterocycles. The zero-order chi connectivity index (χ0) is 11.3. The first-order valence-corrected chi connectivity index (χ1v) is 8.72. The Morgan fingerprint density at radius 3 is 2.73 bits per heavy atom. The third kappa shape index (κ3) is 5.53. The van der Waals surface area contributed by atoms with Gasteiger partial charge in [0.15, 0.2) is 6.85 Å². The normalized spacial score (nSPS) is 12.9. The Hall–Kier alpha value is -0.0700. The molecule has 0 amide bonds. The van der Waals surface area contributed by atoms with Crippen molar-refractivity contribution in [1.29, 1.82) is 0 Å². The maximum absolute atomic E-state index is 5.83. The van der Waals surface area contributed by atoms with Crippen LogP contribution in [0.1, 0.15) is 25.8 Å². The van der Waals surface area contributed by atoms with Gasteiger partial charge >= 0.3 is 0 Å². The van der Waals surface area contributed by atoms with Crippen LogP contribution in [-0.2, 0) is 0 Å². The molecule has 1 aromatic rings. The molecule has 0 aromatic heterocycles. The molecule has 0 saturated heterocycles. The van der Waals surface area contributed by atoms with Crippen molar-refractivity contribution >= 4 is 22.3 Å². The van der Waals surface area contributed by atoms with Gasteiger partial charge in [0, 0.05) is 6.16 Å². The minimum Gasteiger partial charge on any atom is -0.463 e. The van der Waals surface area contributed by atoms with Crippen molar-refractivity contribution in [3.8, 4) is 5.75 Å². The van der Waals surface area contributed by atoms with Crippen LogP contribution in [0.4, 0.5) is 0 Å². The van der Waals surface area contributed by atoms with Crippen LogP contribution in [0.15, 0.2) is 24.3 Å². The fourth-order valence-electron chi connectivity index (χ4n) is 1.19. The van der Waals surface area contributed by atoms with Crippen LogP contribution in [0.3, 0.4) is 0 Å². The van der Waals surface area contributed by atoms with E-state index in [-0.39, 0.29) is 0 Å². The van der Waals surface area contributed by atoms with E-state index < -0.39 is 6.85 Å². The maximum atomic E-state index is 5.83. The minimum atomic E-state index is -0.489. The minimum absolute atomic E-state index is 0.489. The monoisotopic (exact) mass is 288 g/mol.